The highest BCUT2D eigenvalue weighted by molar-refractivity contribution is 5.27. The average molecular weight is 285 g/mol. The van der Waals surface area contributed by atoms with Crippen LogP contribution < -0.4 is 5.32 Å². The molecular formula is C18H23NO2. The largest absolute Gasteiger partial charge is 0.395 e. The number of nitrogens with one attached hydrogen (secondary N) is 1. The minimum Gasteiger partial charge on any atom is -0.395 e. The van der Waals surface area contributed by atoms with E-state index in [1.54, 1.807) is 0 Å². The van der Waals surface area contributed by atoms with E-state index in [1.807, 2.05) is 42.5 Å². The second-order valence-corrected chi connectivity index (χ2v) is 5.15. The summed E-state index contributed by atoms with van der Waals surface area (Å²) in [5, 5.41) is 23.2. The van der Waals surface area contributed by atoms with E-state index in [9.17, 15) is 10.2 Å². The van der Waals surface area contributed by atoms with Crippen LogP contribution in [0.25, 0.3) is 0 Å². The first-order chi connectivity index (χ1) is 10.3. The highest BCUT2D eigenvalue weighted by Gasteiger charge is 2.19. The number of hydrogen-bond acceptors (Lipinski definition) is 3. The van der Waals surface area contributed by atoms with Crippen LogP contribution in [0.2, 0.25) is 0 Å². The Labute approximate surface area is 126 Å². The first kappa shape index (κ1) is 15.7. The van der Waals surface area contributed by atoms with Crippen molar-refractivity contribution < 1.29 is 10.2 Å². The van der Waals surface area contributed by atoms with Crippen molar-refractivity contribution >= 4 is 0 Å². The summed E-state index contributed by atoms with van der Waals surface area (Å²) in [6.45, 7) is 2.66. The Hall–Kier alpha value is -1.68. The molecule has 2 rings (SSSR count). The number of benzene rings is 2. The average Bonchev–Trinajstić information content (AvgIpc) is 2.56. The van der Waals surface area contributed by atoms with Crippen molar-refractivity contribution in [1.29, 1.82) is 0 Å². The van der Waals surface area contributed by atoms with Crippen molar-refractivity contribution in [2.24, 2.45) is 0 Å². The van der Waals surface area contributed by atoms with Crippen molar-refractivity contribution in [2.45, 2.75) is 32.0 Å². The molecular weight excluding hydrogens is 262 g/mol. The van der Waals surface area contributed by atoms with Gasteiger partial charge in [0.25, 0.3) is 0 Å². The molecule has 21 heavy (non-hydrogen) atoms. The van der Waals surface area contributed by atoms with Gasteiger partial charge in [-0.1, -0.05) is 61.5 Å². The minimum absolute atomic E-state index is 0.107. The van der Waals surface area contributed by atoms with Crippen molar-refractivity contribution in [2.75, 3.05) is 6.61 Å². The number of aliphatic hydroxyl groups is 2. The molecule has 0 radical (unpaired) electrons. The third-order valence-electron chi connectivity index (χ3n) is 3.77. The monoisotopic (exact) mass is 285 g/mol. The van der Waals surface area contributed by atoms with Crippen LogP contribution >= 0.6 is 0 Å². The fraction of sp³-hybridized carbons (Fsp3) is 0.333. The van der Waals surface area contributed by atoms with Gasteiger partial charge in [-0.15, -0.1) is 0 Å². The van der Waals surface area contributed by atoms with Crippen LogP contribution in [0.15, 0.2) is 54.6 Å². The van der Waals surface area contributed by atoms with Crippen LogP contribution in [-0.4, -0.2) is 22.9 Å². The molecule has 0 fully saturated rings. The summed E-state index contributed by atoms with van der Waals surface area (Å²) < 4.78 is 0. The van der Waals surface area contributed by atoms with E-state index < -0.39 is 6.10 Å². The molecule has 0 aliphatic carbocycles. The lowest BCUT2D eigenvalue weighted by atomic mass is 10.0. The van der Waals surface area contributed by atoms with Gasteiger partial charge in [-0.3, -0.25) is 0 Å². The minimum atomic E-state index is -0.718. The van der Waals surface area contributed by atoms with Gasteiger partial charge < -0.3 is 15.5 Å². The van der Waals surface area contributed by atoms with Gasteiger partial charge in [0.1, 0.15) is 0 Å². The van der Waals surface area contributed by atoms with Crippen molar-refractivity contribution in [3.05, 3.63) is 71.3 Å². The Morgan fingerprint density at radius 1 is 0.952 bits per heavy atom. The zero-order valence-electron chi connectivity index (χ0n) is 12.4. The number of aryl methyl sites for hydroxylation is 1. The van der Waals surface area contributed by atoms with E-state index in [4.69, 9.17) is 0 Å². The molecule has 0 aliphatic heterocycles. The molecule has 0 saturated heterocycles. The maximum atomic E-state index is 10.4. The Balaban J connectivity index is 2.02. The summed E-state index contributed by atoms with van der Waals surface area (Å²) in [6.07, 6.45) is 0.257. The van der Waals surface area contributed by atoms with Crippen LogP contribution in [0.3, 0.4) is 0 Å². The van der Waals surface area contributed by atoms with Crippen LogP contribution in [0.4, 0.5) is 0 Å². The van der Waals surface area contributed by atoms with Crippen LogP contribution in [0.1, 0.15) is 29.7 Å². The third-order valence-corrected chi connectivity index (χ3v) is 3.77. The van der Waals surface area contributed by atoms with Gasteiger partial charge in [-0.25, -0.2) is 0 Å². The van der Waals surface area contributed by atoms with Gasteiger partial charge >= 0.3 is 0 Å². The molecule has 3 N–H and O–H groups in total. The maximum Gasteiger partial charge on any atom is 0.0965 e. The fourth-order valence-corrected chi connectivity index (χ4v) is 2.47. The van der Waals surface area contributed by atoms with Gasteiger partial charge in [0, 0.05) is 6.54 Å². The lowest BCUT2D eigenvalue weighted by molar-refractivity contribution is 0.0891. The predicted molar refractivity (Wildman–Crippen MR) is 84.9 cm³/mol. The zero-order chi connectivity index (χ0) is 15.1. The van der Waals surface area contributed by atoms with E-state index in [-0.39, 0.29) is 12.6 Å². The molecule has 0 aliphatic rings. The Morgan fingerprint density at radius 2 is 1.57 bits per heavy atom. The van der Waals surface area contributed by atoms with Crippen molar-refractivity contribution in [3.63, 3.8) is 0 Å². The van der Waals surface area contributed by atoms with E-state index in [1.165, 1.54) is 11.1 Å². The van der Waals surface area contributed by atoms with Crippen LogP contribution in [0.5, 0.6) is 0 Å². The second-order valence-electron chi connectivity index (χ2n) is 5.15. The zero-order valence-corrected chi connectivity index (χ0v) is 12.4. The number of rotatable bonds is 7. The Kier molecular flexibility index (Phi) is 5.93. The first-order valence-corrected chi connectivity index (χ1v) is 7.40. The van der Waals surface area contributed by atoms with Gasteiger partial charge in [-0.2, -0.15) is 0 Å². The van der Waals surface area contributed by atoms with Crippen LogP contribution in [0, 0.1) is 0 Å². The molecule has 3 nitrogen and oxygen atoms in total. The molecule has 2 aromatic carbocycles. The summed E-state index contributed by atoms with van der Waals surface area (Å²) in [5.41, 5.74) is 3.31. The van der Waals surface area contributed by atoms with E-state index in [2.05, 4.69) is 24.4 Å². The molecule has 0 unspecified atom stereocenters. The smallest absolute Gasteiger partial charge is 0.0965 e. The Bertz CT molecular complexity index is 542. The lowest BCUT2D eigenvalue weighted by Crippen LogP contribution is -2.37. The SMILES string of the molecule is CCc1ccccc1CN[C@H](CO)[C@H](O)c1ccccc1. The highest BCUT2D eigenvalue weighted by Crippen LogP contribution is 2.17. The standard InChI is InChI=1S/C18H23NO2/c1-2-14-8-6-7-11-16(14)12-19-17(13-20)18(21)15-9-4-3-5-10-15/h3-11,17-21H,2,12-13H2,1H3/t17-,18-/m1/s1. The molecule has 0 saturated carbocycles. The quantitative estimate of drug-likeness (QED) is 0.732. The normalized spacial score (nSPS) is 13.9. The van der Waals surface area contributed by atoms with Gasteiger partial charge in [0.2, 0.25) is 0 Å². The van der Waals surface area contributed by atoms with Crippen molar-refractivity contribution in [3.8, 4) is 0 Å². The van der Waals surface area contributed by atoms with E-state index in [0.717, 1.165) is 12.0 Å². The van der Waals surface area contributed by atoms with E-state index >= 15 is 0 Å². The second kappa shape index (κ2) is 7.93. The molecule has 0 amide bonds. The highest BCUT2D eigenvalue weighted by atomic mass is 16.3. The maximum absolute atomic E-state index is 10.4. The number of hydrogen-bond donors (Lipinski definition) is 3. The molecule has 0 aromatic heterocycles. The fourth-order valence-electron chi connectivity index (χ4n) is 2.47. The molecule has 3 heteroatoms. The molecule has 0 heterocycles. The predicted octanol–water partition coefficient (Wildman–Crippen LogP) is 2.43. The third kappa shape index (κ3) is 4.14. The van der Waals surface area contributed by atoms with Crippen molar-refractivity contribution in [1.82, 2.24) is 5.32 Å². The summed E-state index contributed by atoms with van der Waals surface area (Å²) in [5.74, 6) is 0. The first-order valence-electron chi connectivity index (χ1n) is 7.40. The lowest BCUT2D eigenvalue weighted by Gasteiger charge is -2.23. The molecule has 112 valence electrons. The summed E-state index contributed by atoms with van der Waals surface area (Å²) in [7, 11) is 0. The van der Waals surface area contributed by atoms with Gasteiger partial charge in [0.05, 0.1) is 18.8 Å². The summed E-state index contributed by atoms with van der Waals surface area (Å²) in [4.78, 5) is 0. The molecule has 0 spiro atoms. The van der Waals surface area contributed by atoms with Crippen LogP contribution in [-0.2, 0) is 13.0 Å². The summed E-state index contributed by atoms with van der Waals surface area (Å²) in [6, 6.07) is 17.3. The number of aliphatic hydroxyl groups excluding tert-OH is 2. The molecule has 2 atom stereocenters. The summed E-state index contributed by atoms with van der Waals surface area (Å²) >= 11 is 0. The van der Waals surface area contributed by atoms with Gasteiger partial charge in [0.15, 0.2) is 0 Å². The molecule has 0 bridgehead atoms. The topological polar surface area (TPSA) is 52.5 Å². The Morgan fingerprint density at radius 3 is 2.19 bits per heavy atom. The van der Waals surface area contributed by atoms with E-state index in [0.29, 0.717) is 6.54 Å². The molecule has 2 aromatic rings. The van der Waals surface area contributed by atoms with Gasteiger partial charge in [-0.05, 0) is 23.1 Å².